The fourth-order valence-corrected chi connectivity index (χ4v) is 3.32. The molecule has 1 fully saturated rings. The molecule has 0 saturated carbocycles. The third-order valence-corrected chi connectivity index (χ3v) is 5.86. The zero-order valence-electron chi connectivity index (χ0n) is 15.8. The van der Waals surface area contributed by atoms with Crippen molar-refractivity contribution in [3.05, 3.63) is 23.8 Å². The molecule has 142 valence electrons. The zero-order chi connectivity index (χ0) is 19.3. The van der Waals surface area contributed by atoms with E-state index >= 15 is 0 Å². The van der Waals surface area contributed by atoms with E-state index in [9.17, 15) is 14.4 Å². The summed E-state index contributed by atoms with van der Waals surface area (Å²) in [6.45, 7) is 7.41. The minimum absolute atomic E-state index is 0.0612. The maximum atomic E-state index is 12.8. The predicted molar refractivity (Wildman–Crippen MR) is 102 cm³/mol. The van der Waals surface area contributed by atoms with Gasteiger partial charge in [0.1, 0.15) is 18.8 Å². The van der Waals surface area contributed by atoms with Crippen molar-refractivity contribution in [2.75, 3.05) is 31.9 Å². The van der Waals surface area contributed by atoms with Crippen LogP contribution in [0.25, 0.3) is 0 Å². The highest BCUT2D eigenvalue weighted by atomic mass is 28.3. The van der Waals surface area contributed by atoms with Gasteiger partial charge in [0.2, 0.25) is 5.91 Å². The number of carbonyl (C=O) groups excluding carboxylic acids is 3. The number of hydrogen-bond acceptors (Lipinski definition) is 5. The van der Waals surface area contributed by atoms with Crippen molar-refractivity contribution in [1.29, 1.82) is 0 Å². The van der Waals surface area contributed by atoms with Gasteiger partial charge < -0.3 is 9.47 Å². The van der Waals surface area contributed by atoms with Crippen LogP contribution in [0.1, 0.15) is 16.8 Å². The Bertz CT molecular complexity index is 687. The van der Waals surface area contributed by atoms with Gasteiger partial charge in [0.05, 0.1) is 12.8 Å². The van der Waals surface area contributed by atoms with Crippen molar-refractivity contribution in [1.82, 2.24) is 4.90 Å². The van der Waals surface area contributed by atoms with Crippen LogP contribution in [0.3, 0.4) is 0 Å². The Morgan fingerprint density at radius 1 is 1.23 bits per heavy atom. The van der Waals surface area contributed by atoms with Crippen LogP contribution in [-0.2, 0) is 9.53 Å². The molecule has 0 atom stereocenters. The highest BCUT2D eigenvalue weighted by Crippen LogP contribution is 2.31. The first kappa shape index (κ1) is 20.1. The number of ether oxygens (including phenoxy) is 2. The molecule has 0 aromatic heterocycles. The number of urea groups is 1. The van der Waals surface area contributed by atoms with Gasteiger partial charge >= 0.3 is 6.03 Å². The molecule has 1 aromatic rings. The molecule has 0 bridgehead atoms. The second-order valence-corrected chi connectivity index (χ2v) is 13.0. The van der Waals surface area contributed by atoms with E-state index in [0.29, 0.717) is 29.9 Å². The Morgan fingerprint density at radius 2 is 1.96 bits per heavy atom. The molecule has 1 aromatic carbocycles. The van der Waals surface area contributed by atoms with Gasteiger partial charge in [-0.3, -0.25) is 14.5 Å². The summed E-state index contributed by atoms with van der Waals surface area (Å²) in [5, 5.41) is 0. The lowest BCUT2D eigenvalue weighted by molar-refractivity contribution is -0.133. The maximum Gasteiger partial charge on any atom is 0.333 e. The largest absolute Gasteiger partial charge is 0.495 e. The molecule has 8 heteroatoms. The van der Waals surface area contributed by atoms with Crippen molar-refractivity contribution in [3.8, 4) is 5.75 Å². The second kappa shape index (κ2) is 8.46. The number of carbonyl (C=O) groups is 3. The molecule has 0 radical (unpaired) electrons. The van der Waals surface area contributed by atoms with Crippen LogP contribution in [0.4, 0.5) is 10.5 Å². The van der Waals surface area contributed by atoms with E-state index in [1.54, 1.807) is 18.2 Å². The number of imide groups is 1. The highest BCUT2D eigenvalue weighted by Gasteiger charge is 2.34. The lowest BCUT2D eigenvalue weighted by Crippen LogP contribution is -2.53. The van der Waals surface area contributed by atoms with Crippen LogP contribution in [0.2, 0.25) is 25.7 Å². The first-order chi connectivity index (χ1) is 12.3. The molecule has 3 amide bonds. The number of anilines is 1. The number of benzene rings is 1. The number of amides is 3. The highest BCUT2D eigenvalue weighted by molar-refractivity contribution is 6.76. The summed E-state index contributed by atoms with van der Waals surface area (Å²) in [5.74, 6) is 0.211. The van der Waals surface area contributed by atoms with Crippen molar-refractivity contribution in [2.45, 2.75) is 32.1 Å². The molecule has 0 spiro atoms. The summed E-state index contributed by atoms with van der Waals surface area (Å²) in [5.41, 5.74) is 0.908. The molecule has 26 heavy (non-hydrogen) atoms. The standard InChI is InChI=1S/C18H26N2O5Si/c1-24-16-6-5-14(12-21)11-15(16)19-8-7-17(22)20(18(19)23)13-25-9-10-26(2,3)4/h5-6,11-12H,7-10,13H2,1-4H3. The number of nitrogens with zero attached hydrogens (tertiary/aromatic N) is 2. The minimum atomic E-state index is -1.24. The average Bonchev–Trinajstić information content (AvgIpc) is 2.59. The molecule has 1 aliphatic rings. The van der Waals surface area contributed by atoms with E-state index in [1.807, 2.05) is 0 Å². The molecular formula is C18H26N2O5Si. The number of rotatable bonds is 8. The quantitative estimate of drug-likeness (QED) is 0.395. The molecule has 7 nitrogen and oxygen atoms in total. The fraction of sp³-hybridized carbons (Fsp3) is 0.500. The van der Waals surface area contributed by atoms with Crippen LogP contribution in [0, 0.1) is 0 Å². The topological polar surface area (TPSA) is 76.2 Å². The Labute approximate surface area is 154 Å². The van der Waals surface area contributed by atoms with Gasteiger partial charge in [-0.15, -0.1) is 0 Å². The van der Waals surface area contributed by atoms with Gasteiger partial charge in [-0.25, -0.2) is 9.69 Å². The summed E-state index contributed by atoms with van der Waals surface area (Å²) in [6.07, 6.45) is 0.900. The summed E-state index contributed by atoms with van der Waals surface area (Å²) in [7, 11) is 0.256. The predicted octanol–water partition coefficient (Wildman–Crippen LogP) is 2.98. The lowest BCUT2D eigenvalue weighted by Gasteiger charge is -2.34. The molecular weight excluding hydrogens is 352 g/mol. The molecule has 0 aliphatic carbocycles. The van der Waals surface area contributed by atoms with Crippen molar-refractivity contribution >= 4 is 32.0 Å². The zero-order valence-corrected chi connectivity index (χ0v) is 16.8. The minimum Gasteiger partial charge on any atom is -0.495 e. The van der Waals surface area contributed by atoms with E-state index in [2.05, 4.69) is 19.6 Å². The van der Waals surface area contributed by atoms with E-state index in [0.717, 1.165) is 10.9 Å². The first-order valence-electron chi connectivity index (χ1n) is 8.59. The SMILES string of the molecule is COc1ccc(C=O)cc1N1CCC(=O)N(COCC[Si](C)(C)C)C1=O. The van der Waals surface area contributed by atoms with Gasteiger partial charge in [0.15, 0.2) is 0 Å². The molecule has 0 unspecified atom stereocenters. The number of hydrogen-bond donors (Lipinski definition) is 0. The Balaban J connectivity index is 2.13. The third-order valence-electron chi connectivity index (χ3n) is 4.16. The molecule has 2 rings (SSSR count). The molecule has 1 heterocycles. The fourth-order valence-electron chi connectivity index (χ4n) is 2.57. The summed E-state index contributed by atoms with van der Waals surface area (Å²) < 4.78 is 10.9. The van der Waals surface area contributed by atoms with E-state index < -0.39 is 14.1 Å². The van der Waals surface area contributed by atoms with E-state index in [1.165, 1.54) is 12.0 Å². The Kier molecular flexibility index (Phi) is 6.55. The summed E-state index contributed by atoms with van der Waals surface area (Å²) in [4.78, 5) is 38.6. The third kappa shape index (κ3) is 4.92. The number of methoxy groups -OCH3 is 1. The lowest BCUT2D eigenvalue weighted by atomic mass is 10.1. The second-order valence-electron chi connectivity index (χ2n) is 7.40. The maximum absolute atomic E-state index is 12.8. The first-order valence-corrected chi connectivity index (χ1v) is 12.3. The normalized spacial score (nSPS) is 15.4. The molecule has 1 aliphatic heterocycles. The van der Waals surface area contributed by atoms with Crippen molar-refractivity contribution in [3.63, 3.8) is 0 Å². The van der Waals surface area contributed by atoms with Crippen molar-refractivity contribution in [2.24, 2.45) is 0 Å². The smallest absolute Gasteiger partial charge is 0.333 e. The van der Waals surface area contributed by atoms with Crippen molar-refractivity contribution < 1.29 is 23.9 Å². The number of aldehydes is 1. The van der Waals surface area contributed by atoms with Crippen LogP contribution >= 0.6 is 0 Å². The van der Waals surface area contributed by atoms with Gasteiger partial charge in [0, 0.05) is 33.2 Å². The summed E-state index contributed by atoms with van der Waals surface area (Å²) >= 11 is 0. The van der Waals surface area contributed by atoms with E-state index in [-0.39, 0.29) is 25.6 Å². The van der Waals surface area contributed by atoms with Crippen LogP contribution < -0.4 is 9.64 Å². The van der Waals surface area contributed by atoms with Crippen LogP contribution in [0.15, 0.2) is 18.2 Å². The van der Waals surface area contributed by atoms with Crippen LogP contribution in [-0.4, -0.2) is 58.2 Å². The average molecular weight is 379 g/mol. The Morgan fingerprint density at radius 3 is 2.58 bits per heavy atom. The molecule has 0 N–H and O–H groups in total. The van der Waals surface area contributed by atoms with Gasteiger partial charge in [-0.2, -0.15) is 0 Å². The van der Waals surface area contributed by atoms with E-state index in [4.69, 9.17) is 9.47 Å². The van der Waals surface area contributed by atoms with Gasteiger partial charge in [0.25, 0.3) is 0 Å². The molecule has 1 saturated heterocycles. The summed E-state index contributed by atoms with van der Waals surface area (Å²) in [6, 6.07) is 5.34. The Hall–Kier alpha value is -2.19. The van der Waals surface area contributed by atoms with Gasteiger partial charge in [-0.05, 0) is 24.2 Å². The van der Waals surface area contributed by atoms with Gasteiger partial charge in [-0.1, -0.05) is 19.6 Å². The van der Waals surface area contributed by atoms with Crippen LogP contribution in [0.5, 0.6) is 5.75 Å². The monoisotopic (exact) mass is 378 g/mol.